The van der Waals surface area contributed by atoms with E-state index in [0.29, 0.717) is 17.0 Å². The number of ketones is 1. The molecule has 0 radical (unpaired) electrons. The van der Waals surface area contributed by atoms with Gasteiger partial charge in [-0.05, 0) is 30.2 Å². The monoisotopic (exact) mass is 319 g/mol. The van der Waals surface area contributed by atoms with Gasteiger partial charge in [0.1, 0.15) is 0 Å². The molecule has 0 atom stereocenters. The summed E-state index contributed by atoms with van der Waals surface area (Å²) in [5, 5.41) is 9.75. The van der Waals surface area contributed by atoms with E-state index in [9.17, 15) is 14.7 Å². The fourth-order valence-corrected chi connectivity index (χ4v) is 3.08. The Morgan fingerprint density at radius 1 is 0.917 bits per heavy atom. The van der Waals surface area contributed by atoms with E-state index in [0.717, 1.165) is 11.3 Å². The number of aromatic nitrogens is 1. The Balaban J connectivity index is 2.48. The highest BCUT2D eigenvalue weighted by Crippen LogP contribution is 2.34. The molecule has 1 N–H and O–H groups in total. The maximum Gasteiger partial charge on any atom is 0.338 e. The van der Waals surface area contributed by atoms with Crippen molar-refractivity contribution in [3.05, 3.63) is 77.5 Å². The SMILES string of the molecule is CC(=O)c1c(C)c(C(=O)O)c(-c2ccccc2)n1-c1ccccc1. The second-order valence-electron chi connectivity index (χ2n) is 5.60. The highest BCUT2D eigenvalue weighted by molar-refractivity contribution is 6.05. The number of aromatic carboxylic acids is 1. The van der Waals surface area contributed by atoms with Crippen molar-refractivity contribution in [1.82, 2.24) is 4.57 Å². The molecule has 0 bridgehead atoms. The number of benzene rings is 2. The molecule has 0 saturated carbocycles. The number of Topliss-reactive ketones (excluding diaryl/α,β-unsaturated/α-hetero) is 1. The summed E-state index contributed by atoms with van der Waals surface area (Å²) in [6.45, 7) is 3.15. The van der Waals surface area contributed by atoms with Gasteiger partial charge in [0.2, 0.25) is 0 Å². The topological polar surface area (TPSA) is 59.3 Å². The molecule has 0 saturated heterocycles. The quantitative estimate of drug-likeness (QED) is 0.727. The first-order valence-electron chi connectivity index (χ1n) is 7.62. The molecule has 0 aliphatic heterocycles. The lowest BCUT2D eigenvalue weighted by Crippen LogP contribution is -2.07. The van der Waals surface area contributed by atoms with Gasteiger partial charge in [0.15, 0.2) is 5.78 Å². The number of carboxylic acids is 1. The van der Waals surface area contributed by atoms with Gasteiger partial charge in [0.25, 0.3) is 0 Å². The van der Waals surface area contributed by atoms with Gasteiger partial charge < -0.3 is 9.67 Å². The fourth-order valence-electron chi connectivity index (χ4n) is 3.08. The van der Waals surface area contributed by atoms with Crippen LogP contribution in [0.25, 0.3) is 16.9 Å². The number of para-hydroxylation sites is 1. The van der Waals surface area contributed by atoms with Crippen molar-refractivity contribution in [1.29, 1.82) is 0 Å². The first kappa shape index (κ1) is 15.7. The number of nitrogens with zero attached hydrogens (tertiary/aromatic N) is 1. The molecule has 0 aliphatic rings. The van der Waals surface area contributed by atoms with Gasteiger partial charge in [-0.25, -0.2) is 4.79 Å². The van der Waals surface area contributed by atoms with Crippen molar-refractivity contribution in [3.8, 4) is 16.9 Å². The van der Waals surface area contributed by atoms with E-state index >= 15 is 0 Å². The summed E-state index contributed by atoms with van der Waals surface area (Å²) >= 11 is 0. The molecule has 4 heteroatoms. The maximum absolute atomic E-state index is 12.3. The number of hydrogen-bond acceptors (Lipinski definition) is 2. The first-order chi connectivity index (χ1) is 11.5. The Kier molecular flexibility index (Phi) is 4.04. The van der Waals surface area contributed by atoms with Crippen LogP contribution in [0.15, 0.2) is 60.7 Å². The molecule has 4 nitrogen and oxygen atoms in total. The highest BCUT2D eigenvalue weighted by Gasteiger charge is 2.28. The Hall–Kier alpha value is -3.14. The second-order valence-corrected chi connectivity index (χ2v) is 5.60. The van der Waals surface area contributed by atoms with E-state index < -0.39 is 5.97 Å². The summed E-state index contributed by atoms with van der Waals surface area (Å²) in [5.41, 5.74) is 3.09. The summed E-state index contributed by atoms with van der Waals surface area (Å²) in [4.78, 5) is 24.2. The molecule has 1 heterocycles. The van der Waals surface area contributed by atoms with Gasteiger partial charge in [-0.15, -0.1) is 0 Å². The van der Waals surface area contributed by atoms with E-state index in [1.54, 1.807) is 11.5 Å². The highest BCUT2D eigenvalue weighted by atomic mass is 16.4. The summed E-state index contributed by atoms with van der Waals surface area (Å²) in [6.07, 6.45) is 0. The predicted octanol–water partition coefficient (Wildman–Crippen LogP) is 4.35. The van der Waals surface area contributed by atoms with Crippen LogP contribution < -0.4 is 0 Å². The van der Waals surface area contributed by atoms with Crippen LogP contribution in [0.5, 0.6) is 0 Å². The minimum absolute atomic E-state index is 0.162. The molecule has 1 aromatic heterocycles. The Labute approximate surface area is 140 Å². The van der Waals surface area contributed by atoms with Crippen molar-refractivity contribution in [2.75, 3.05) is 0 Å². The smallest absolute Gasteiger partial charge is 0.338 e. The van der Waals surface area contributed by atoms with Crippen molar-refractivity contribution in [2.24, 2.45) is 0 Å². The number of carbonyl (C=O) groups is 2. The fraction of sp³-hybridized carbons (Fsp3) is 0.100. The Morgan fingerprint density at radius 2 is 1.46 bits per heavy atom. The summed E-state index contributed by atoms with van der Waals surface area (Å²) < 4.78 is 1.75. The summed E-state index contributed by atoms with van der Waals surface area (Å²) in [6, 6.07) is 18.6. The summed E-state index contributed by atoms with van der Waals surface area (Å²) in [5.74, 6) is -1.20. The van der Waals surface area contributed by atoms with Gasteiger partial charge in [0, 0.05) is 12.6 Å². The molecular formula is C20H17NO3. The molecule has 0 amide bonds. The Morgan fingerprint density at radius 3 is 1.96 bits per heavy atom. The maximum atomic E-state index is 12.3. The van der Waals surface area contributed by atoms with E-state index in [2.05, 4.69) is 0 Å². The van der Waals surface area contributed by atoms with Crippen LogP contribution in [0.3, 0.4) is 0 Å². The standard InChI is InChI=1S/C20H17NO3/c1-13-17(20(23)24)19(15-9-5-3-6-10-15)21(18(13)14(2)22)16-11-7-4-8-12-16/h3-12H,1-2H3,(H,23,24). The van der Waals surface area contributed by atoms with E-state index in [4.69, 9.17) is 0 Å². The van der Waals surface area contributed by atoms with E-state index in [1.807, 2.05) is 60.7 Å². The molecule has 0 fully saturated rings. The van der Waals surface area contributed by atoms with E-state index in [1.165, 1.54) is 6.92 Å². The van der Waals surface area contributed by atoms with Crippen molar-refractivity contribution < 1.29 is 14.7 Å². The summed E-state index contributed by atoms with van der Waals surface area (Å²) in [7, 11) is 0. The van der Waals surface area contributed by atoms with Crippen LogP contribution in [-0.4, -0.2) is 21.4 Å². The third-order valence-corrected chi connectivity index (χ3v) is 4.02. The lowest BCUT2D eigenvalue weighted by molar-refractivity contribution is 0.0697. The van der Waals surface area contributed by atoms with Crippen molar-refractivity contribution >= 4 is 11.8 Å². The zero-order valence-corrected chi connectivity index (χ0v) is 13.5. The second kappa shape index (κ2) is 6.16. The molecule has 0 aliphatic carbocycles. The van der Waals surface area contributed by atoms with Crippen LogP contribution in [0, 0.1) is 6.92 Å². The third-order valence-electron chi connectivity index (χ3n) is 4.02. The lowest BCUT2D eigenvalue weighted by atomic mass is 10.0. The molecule has 0 unspecified atom stereocenters. The predicted molar refractivity (Wildman–Crippen MR) is 92.9 cm³/mol. The van der Waals surface area contributed by atoms with Crippen LogP contribution in [-0.2, 0) is 0 Å². The zero-order chi connectivity index (χ0) is 17.3. The van der Waals surface area contributed by atoms with Crippen LogP contribution in [0.4, 0.5) is 0 Å². The lowest BCUT2D eigenvalue weighted by Gasteiger charge is -2.13. The van der Waals surface area contributed by atoms with Crippen molar-refractivity contribution in [3.63, 3.8) is 0 Å². The molecule has 3 rings (SSSR count). The van der Waals surface area contributed by atoms with Gasteiger partial charge in [0.05, 0.1) is 17.0 Å². The van der Waals surface area contributed by atoms with Gasteiger partial charge >= 0.3 is 5.97 Å². The van der Waals surface area contributed by atoms with Crippen LogP contribution in [0.1, 0.15) is 33.3 Å². The number of carbonyl (C=O) groups excluding carboxylic acids is 1. The molecule has 2 aromatic carbocycles. The van der Waals surface area contributed by atoms with Gasteiger partial charge in [-0.3, -0.25) is 4.79 Å². The minimum Gasteiger partial charge on any atom is -0.478 e. The van der Waals surface area contributed by atoms with Crippen molar-refractivity contribution in [2.45, 2.75) is 13.8 Å². The zero-order valence-electron chi connectivity index (χ0n) is 13.5. The van der Waals surface area contributed by atoms with E-state index in [-0.39, 0.29) is 11.3 Å². The van der Waals surface area contributed by atoms with Gasteiger partial charge in [-0.1, -0.05) is 48.5 Å². The molecule has 3 aromatic rings. The van der Waals surface area contributed by atoms with Gasteiger partial charge in [-0.2, -0.15) is 0 Å². The molecule has 0 spiro atoms. The first-order valence-corrected chi connectivity index (χ1v) is 7.62. The minimum atomic E-state index is -1.04. The van der Waals surface area contributed by atoms with Crippen LogP contribution in [0.2, 0.25) is 0 Å². The Bertz CT molecular complexity index is 834. The molecule has 120 valence electrons. The third kappa shape index (κ3) is 2.52. The number of carboxylic acid groups (broad SMARTS) is 1. The normalized spacial score (nSPS) is 10.6. The number of hydrogen-bond donors (Lipinski definition) is 1. The molecular weight excluding hydrogens is 302 g/mol. The largest absolute Gasteiger partial charge is 0.478 e. The molecule has 24 heavy (non-hydrogen) atoms. The average Bonchev–Trinajstić information content (AvgIpc) is 2.90. The average molecular weight is 319 g/mol. The number of rotatable bonds is 4. The van der Waals surface area contributed by atoms with Crippen LogP contribution >= 0.6 is 0 Å².